The lowest BCUT2D eigenvalue weighted by molar-refractivity contribution is 0.301. The molecule has 96 valence electrons. The van der Waals surface area contributed by atoms with Crippen LogP contribution in [0.25, 0.3) is 0 Å². The Morgan fingerprint density at radius 2 is 2.12 bits per heavy atom. The molecule has 0 saturated carbocycles. The van der Waals surface area contributed by atoms with Gasteiger partial charge in [0.25, 0.3) is 0 Å². The molecule has 0 radical (unpaired) electrons. The normalized spacial score (nSPS) is 12.5. The number of halogens is 1. The molecule has 1 aromatic rings. The molecule has 0 aliphatic rings. The molecule has 0 aromatic heterocycles. The van der Waals surface area contributed by atoms with Crippen molar-refractivity contribution in [3.63, 3.8) is 0 Å². The SMILES string of the molecule is CCCN(CCO)c1ccc(F)cc1[C@H](C)N. The number of rotatable bonds is 6. The summed E-state index contributed by atoms with van der Waals surface area (Å²) in [5.74, 6) is -0.276. The Balaban J connectivity index is 3.07. The maximum absolute atomic E-state index is 13.2. The van der Waals surface area contributed by atoms with Gasteiger partial charge in [-0.1, -0.05) is 6.92 Å². The summed E-state index contributed by atoms with van der Waals surface area (Å²) in [6.45, 7) is 5.35. The highest BCUT2D eigenvalue weighted by molar-refractivity contribution is 5.55. The monoisotopic (exact) mass is 240 g/mol. The third kappa shape index (κ3) is 3.68. The molecule has 4 heteroatoms. The molecule has 17 heavy (non-hydrogen) atoms. The standard InChI is InChI=1S/C13H21FN2O/c1-3-6-16(7-8-17)13-5-4-11(14)9-12(13)10(2)15/h4-5,9-10,17H,3,6-8,15H2,1-2H3/t10-/m0/s1. The Morgan fingerprint density at radius 3 is 2.65 bits per heavy atom. The van der Waals surface area contributed by atoms with Gasteiger partial charge >= 0.3 is 0 Å². The molecule has 0 fully saturated rings. The van der Waals surface area contributed by atoms with Gasteiger partial charge in [0.1, 0.15) is 5.82 Å². The molecular weight excluding hydrogens is 219 g/mol. The molecule has 3 N–H and O–H groups in total. The average Bonchev–Trinajstić information content (AvgIpc) is 2.28. The quantitative estimate of drug-likeness (QED) is 0.800. The van der Waals surface area contributed by atoms with Crippen LogP contribution >= 0.6 is 0 Å². The van der Waals surface area contributed by atoms with Crippen LogP contribution in [-0.4, -0.2) is 24.8 Å². The molecule has 3 nitrogen and oxygen atoms in total. The molecule has 0 bridgehead atoms. The smallest absolute Gasteiger partial charge is 0.123 e. The number of hydrogen-bond donors (Lipinski definition) is 2. The number of benzene rings is 1. The Bertz CT molecular complexity index is 349. The fourth-order valence-corrected chi connectivity index (χ4v) is 1.92. The third-order valence-corrected chi connectivity index (χ3v) is 2.68. The van der Waals surface area contributed by atoms with Crippen LogP contribution in [0.15, 0.2) is 18.2 Å². The fourth-order valence-electron chi connectivity index (χ4n) is 1.92. The molecule has 0 aliphatic heterocycles. The van der Waals surface area contributed by atoms with Crippen molar-refractivity contribution in [2.45, 2.75) is 26.3 Å². The molecule has 0 amide bonds. The molecule has 0 spiro atoms. The van der Waals surface area contributed by atoms with E-state index >= 15 is 0 Å². The minimum Gasteiger partial charge on any atom is -0.395 e. The van der Waals surface area contributed by atoms with E-state index in [4.69, 9.17) is 10.8 Å². The van der Waals surface area contributed by atoms with Gasteiger partial charge in [-0.2, -0.15) is 0 Å². The van der Waals surface area contributed by atoms with Crippen LogP contribution in [0.4, 0.5) is 10.1 Å². The van der Waals surface area contributed by atoms with E-state index in [0.29, 0.717) is 6.54 Å². The highest BCUT2D eigenvalue weighted by Gasteiger charge is 2.13. The van der Waals surface area contributed by atoms with E-state index in [9.17, 15) is 4.39 Å². The van der Waals surface area contributed by atoms with Crippen LogP contribution < -0.4 is 10.6 Å². The second-order valence-corrected chi connectivity index (χ2v) is 4.20. The Kier molecular flexibility index (Phi) is 5.38. The highest BCUT2D eigenvalue weighted by atomic mass is 19.1. The summed E-state index contributed by atoms with van der Waals surface area (Å²) in [6.07, 6.45) is 0.968. The van der Waals surface area contributed by atoms with Crippen molar-refractivity contribution in [2.75, 3.05) is 24.6 Å². The van der Waals surface area contributed by atoms with E-state index in [1.54, 1.807) is 6.07 Å². The number of anilines is 1. The van der Waals surface area contributed by atoms with E-state index in [1.165, 1.54) is 12.1 Å². The Hall–Kier alpha value is -1.13. The van der Waals surface area contributed by atoms with Crippen LogP contribution in [0.3, 0.4) is 0 Å². The van der Waals surface area contributed by atoms with Crippen molar-refractivity contribution < 1.29 is 9.50 Å². The van der Waals surface area contributed by atoms with Crippen molar-refractivity contribution in [3.05, 3.63) is 29.6 Å². The minimum absolute atomic E-state index is 0.0791. The van der Waals surface area contributed by atoms with E-state index in [2.05, 4.69) is 6.92 Å². The van der Waals surface area contributed by atoms with Crippen LogP contribution in [0.2, 0.25) is 0 Å². The molecule has 1 aromatic carbocycles. The first-order valence-corrected chi connectivity index (χ1v) is 6.01. The van der Waals surface area contributed by atoms with E-state index in [-0.39, 0.29) is 18.5 Å². The summed E-state index contributed by atoms with van der Waals surface area (Å²) >= 11 is 0. The van der Waals surface area contributed by atoms with Gasteiger partial charge in [-0.3, -0.25) is 0 Å². The molecule has 0 unspecified atom stereocenters. The van der Waals surface area contributed by atoms with Crippen LogP contribution in [0.1, 0.15) is 31.9 Å². The van der Waals surface area contributed by atoms with E-state index in [1.807, 2.05) is 11.8 Å². The topological polar surface area (TPSA) is 49.5 Å². The summed E-state index contributed by atoms with van der Waals surface area (Å²) in [4.78, 5) is 2.04. The van der Waals surface area contributed by atoms with Crippen molar-refractivity contribution >= 4 is 5.69 Å². The number of aliphatic hydroxyl groups excluding tert-OH is 1. The molecule has 0 saturated heterocycles. The first-order valence-electron chi connectivity index (χ1n) is 6.01. The number of hydrogen-bond acceptors (Lipinski definition) is 3. The van der Waals surface area contributed by atoms with Gasteiger partial charge in [0.15, 0.2) is 0 Å². The number of nitrogens with two attached hydrogens (primary N) is 1. The zero-order valence-electron chi connectivity index (χ0n) is 10.5. The van der Waals surface area contributed by atoms with E-state index < -0.39 is 0 Å². The Morgan fingerprint density at radius 1 is 1.41 bits per heavy atom. The molecule has 1 atom stereocenters. The predicted molar refractivity (Wildman–Crippen MR) is 68.6 cm³/mol. The van der Waals surface area contributed by atoms with Gasteiger partial charge in [0.2, 0.25) is 0 Å². The second kappa shape index (κ2) is 6.57. The fraction of sp³-hybridized carbons (Fsp3) is 0.538. The van der Waals surface area contributed by atoms with Crippen LogP contribution in [-0.2, 0) is 0 Å². The summed E-state index contributed by atoms with van der Waals surface area (Å²) < 4.78 is 13.2. The van der Waals surface area contributed by atoms with Crippen molar-refractivity contribution in [3.8, 4) is 0 Å². The van der Waals surface area contributed by atoms with Crippen LogP contribution in [0, 0.1) is 5.82 Å². The van der Waals surface area contributed by atoms with Gasteiger partial charge in [0.05, 0.1) is 6.61 Å². The second-order valence-electron chi connectivity index (χ2n) is 4.20. The zero-order valence-corrected chi connectivity index (χ0v) is 10.5. The summed E-state index contributed by atoms with van der Waals surface area (Å²) in [6, 6.07) is 4.42. The summed E-state index contributed by atoms with van der Waals surface area (Å²) in [5.41, 5.74) is 7.56. The zero-order chi connectivity index (χ0) is 12.8. The summed E-state index contributed by atoms with van der Waals surface area (Å²) in [7, 11) is 0. The van der Waals surface area contributed by atoms with Gasteiger partial charge in [0, 0.05) is 24.8 Å². The molecule has 1 rings (SSSR count). The van der Waals surface area contributed by atoms with Gasteiger partial charge in [-0.05, 0) is 37.1 Å². The van der Waals surface area contributed by atoms with Crippen molar-refractivity contribution in [1.82, 2.24) is 0 Å². The highest BCUT2D eigenvalue weighted by Crippen LogP contribution is 2.26. The van der Waals surface area contributed by atoms with Gasteiger partial charge < -0.3 is 15.7 Å². The lowest BCUT2D eigenvalue weighted by Crippen LogP contribution is -2.29. The largest absolute Gasteiger partial charge is 0.395 e. The summed E-state index contributed by atoms with van der Waals surface area (Å²) in [5, 5.41) is 9.06. The minimum atomic E-state index is -0.276. The third-order valence-electron chi connectivity index (χ3n) is 2.68. The lowest BCUT2D eigenvalue weighted by Gasteiger charge is -2.27. The van der Waals surface area contributed by atoms with E-state index in [0.717, 1.165) is 24.2 Å². The van der Waals surface area contributed by atoms with Crippen molar-refractivity contribution in [2.24, 2.45) is 5.73 Å². The van der Waals surface area contributed by atoms with Crippen LogP contribution in [0.5, 0.6) is 0 Å². The van der Waals surface area contributed by atoms with Gasteiger partial charge in [-0.25, -0.2) is 4.39 Å². The Labute approximate surface area is 102 Å². The van der Waals surface area contributed by atoms with Gasteiger partial charge in [-0.15, -0.1) is 0 Å². The molecule has 0 aliphatic carbocycles. The molecule has 0 heterocycles. The lowest BCUT2D eigenvalue weighted by atomic mass is 10.1. The first-order chi connectivity index (χ1) is 8.10. The molecular formula is C13H21FN2O. The average molecular weight is 240 g/mol. The maximum atomic E-state index is 13.2. The number of aliphatic hydroxyl groups is 1. The predicted octanol–water partition coefficient (Wildman–Crippen LogP) is 2.05. The van der Waals surface area contributed by atoms with Crippen molar-refractivity contribution in [1.29, 1.82) is 0 Å². The maximum Gasteiger partial charge on any atom is 0.123 e. The number of nitrogens with zero attached hydrogens (tertiary/aromatic N) is 1. The first kappa shape index (κ1) is 13.9.